The Kier molecular flexibility index (Phi) is 5.00. The van der Waals surface area contributed by atoms with E-state index in [0.29, 0.717) is 39.9 Å². The van der Waals surface area contributed by atoms with Gasteiger partial charge in [0.05, 0.1) is 7.11 Å². The van der Waals surface area contributed by atoms with Crippen molar-refractivity contribution in [2.75, 3.05) is 20.7 Å². The first-order valence-electron chi connectivity index (χ1n) is 10.8. The smallest absolute Gasteiger partial charge is 0.238 e. The van der Waals surface area contributed by atoms with Crippen molar-refractivity contribution >= 4 is 12.1 Å². The van der Waals surface area contributed by atoms with Crippen molar-refractivity contribution in [3.63, 3.8) is 0 Å². The highest BCUT2D eigenvalue weighted by molar-refractivity contribution is 5.91. The average Bonchev–Trinajstić information content (AvgIpc) is 3.64. The van der Waals surface area contributed by atoms with Gasteiger partial charge in [-0.1, -0.05) is 6.07 Å². The van der Waals surface area contributed by atoms with Crippen LogP contribution in [0, 0.1) is 11.3 Å². The van der Waals surface area contributed by atoms with Gasteiger partial charge >= 0.3 is 0 Å². The number of methoxy groups -OCH3 is 1. The molecule has 0 saturated heterocycles. The Balaban J connectivity index is 1.49. The molecule has 172 valence electrons. The molecule has 0 atom stereocenters. The van der Waals surface area contributed by atoms with Crippen molar-refractivity contribution < 1.29 is 28.1 Å². The van der Waals surface area contributed by atoms with Gasteiger partial charge in [-0.2, -0.15) is 5.26 Å². The van der Waals surface area contributed by atoms with E-state index < -0.39 is 0 Å². The topological polar surface area (TPSA) is 95.4 Å². The number of furan rings is 1. The minimum atomic E-state index is 0.154. The lowest BCUT2D eigenvalue weighted by Crippen LogP contribution is -1.93. The van der Waals surface area contributed by atoms with Crippen molar-refractivity contribution in [3.05, 3.63) is 71.8 Å². The summed E-state index contributed by atoms with van der Waals surface area (Å²) in [4.78, 5) is 4.51. The Hall–Kier alpha value is -4.90. The first-order valence-corrected chi connectivity index (χ1v) is 10.8. The van der Waals surface area contributed by atoms with Crippen LogP contribution in [0.25, 0.3) is 22.5 Å². The highest BCUT2D eigenvalue weighted by atomic mass is 16.7. The van der Waals surface area contributed by atoms with Gasteiger partial charge in [-0.05, 0) is 65.7 Å². The van der Waals surface area contributed by atoms with Gasteiger partial charge in [0, 0.05) is 17.3 Å². The van der Waals surface area contributed by atoms with Crippen LogP contribution in [0.3, 0.4) is 0 Å². The molecule has 3 heterocycles. The standard InChI is InChI=1S/C27H18N2O6/c1-30-19-6-2-16(3-7-19)13-29-27-20(12-28)25(17-4-8-21-23(10-17)33-14-31-21)26(35-27)18-5-9-22-24(11-18)34-15-32-22/h2-11,13H,14-15H2,1H3. The van der Waals surface area contributed by atoms with Crippen LogP contribution in [0.4, 0.5) is 5.88 Å². The highest BCUT2D eigenvalue weighted by Crippen LogP contribution is 2.47. The zero-order valence-electron chi connectivity index (χ0n) is 18.6. The maximum Gasteiger partial charge on any atom is 0.238 e. The van der Waals surface area contributed by atoms with Crippen LogP contribution in [-0.2, 0) is 0 Å². The molecular weight excluding hydrogens is 448 g/mol. The summed E-state index contributed by atoms with van der Waals surface area (Å²) in [6, 6.07) is 20.7. The van der Waals surface area contributed by atoms with Crippen LogP contribution in [0.5, 0.6) is 28.7 Å². The lowest BCUT2D eigenvalue weighted by atomic mass is 9.97. The van der Waals surface area contributed by atoms with Crippen LogP contribution in [0.2, 0.25) is 0 Å². The number of ether oxygens (including phenoxy) is 5. The van der Waals surface area contributed by atoms with Crippen molar-refractivity contribution in [3.8, 4) is 57.3 Å². The molecular formula is C27H18N2O6. The predicted octanol–water partition coefficient (Wildman–Crippen LogP) is 5.70. The van der Waals surface area contributed by atoms with Gasteiger partial charge in [0.2, 0.25) is 19.5 Å². The van der Waals surface area contributed by atoms with Crippen LogP contribution in [0.1, 0.15) is 11.1 Å². The van der Waals surface area contributed by atoms with Crippen molar-refractivity contribution in [2.45, 2.75) is 0 Å². The van der Waals surface area contributed by atoms with E-state index in [-0.39, 0.29) is 19.5 Å². The Bertz CT molecular complexity index is 1500. The van der Waals surface area contributed by atoms with E-state index >= 15 is 0 Å². The van der Waals surface area contributed by atoms with Gasteiger partial charge in [0.1, 0.15) is 23.1 Å². The molecule has 0 radical (unpaired) electrons. The third kappa shape index (κ3) is 3.69. The van der Waals surface area contributed by atoms with Crippen molar-refractivity contribution in [2.24, 2.45) is 4.99 Å². The van der Waals surface area contributed by atoms with Crippen LogP contribution in [0.15, 0.2) is 70.1 Å². The molecule has 8 nitrogen and oxygen atoms in total. The second kappa shape index (κ2) is 8.47. The van der Waals surface area contributed by atoms with Crippen LogP contribution in [-0.4, -0.2) is 26.9 Å². The highest BCUT2D eigenvalue weighted by Gasteiger charge is 2.26. The Morgan fingerprint density at radius 3 is 2.11 bits per heavy atom. The number of benzene rings is 3. The normalized spacial score (nSPS) is 13.3. The molecule has 0 unspecified atom stereocenters. The largest absolute Gasteiger partial charge is 0.497 e. The first-order chi connectivity index (χ1) is 17.2. The third-order valence-corrected chi connectivity index (χ3v) is 5.74. The molecule has 0 aliphatic carbocycles. The molecule has 3 aromatic carbocycles. The van der Waals surface area contributed by atoms with E-state index in [9.17, 15) is 5.26 Å². The fourth-order valence-electron chi connectivity index (χ4n) is 4.01. The monoisotopic (exact) mass is 466 g/mol. The summed E-state index contributed by atoms with van der Waals surface area (Å²) in [5.41, 5.74) is 3.21. The summed E-state index contributed by atoms with van der Waals surface area (Å²) in [5, 5.41) is 10.1. The molecule has 8 heteroatoms. The number of hydrogen-bond donors (Lipinski definition) is 0. The molecule has 4 aromatic rings. The number of nitrogens with zero attached hydrogens (tertiary/aromatic N) is 2. The van der Waals surface area contributed by atoms with Gasteiger partial charge in [0.25, 0.3) is 0 Å². The van der Waals surface area contributed by atoms with Crippen molar-refractivity contribution in [1.29, 1.82) is 5.26 Å². The summed E-state index contributed by atoms with van der Waals surface area (Å²) in [5.74, 6) is 3.95. The first kappa shape index (κ1) is 20.7. The Labute approximate surface area is 200 Å². The summed E-state index contributed by atoms with van der Waals surface area (Å²) in [6.45, 7) is 0.314. The quantitative estimate of drug-likeness (QED) is 0.348. The molecule has 1 aromatic heterocycles. The van der Waals surface area contributed by atoms with E-state index in [2.05, 4.69) is 11.1 Å². The SMILES string of the molecule is COc1ccc(C=Nc2oc(-c3ccc4c(c3)OCO4)c(-c3ccc4c(c3)OCO4)c2C#N)cc1. The van der Waals surface area contributed by atoms with E-state index in [1.165, 1.54) is 0 Å². The zero-order chi connectivity index (χ0) is 23.8. The molecule has 2 aliphatic rings. The molecule has 0 amide bonds. The number of aliphatic imine (C=N–C) groups is 1. The summed E-state index contributed by atoms with van der Waals surface area (Å²) < 4.78 is 33.4. The maximum absolute atomic E-state index is 10.1. The van der Waals surface area contributed by atoms with Gasteiger partial charge in [-0.3, -0.25) is 0 Å². The molecule has 0 N–H and O–H groups in total. The molecule has 0 spiro atoms. The van der Waals surface area contributed by atoms with E-state index in [4.69, 9.17) is 28.1 Å². The van der Waals surface area contributed by atoms with E-state index in [1.54, 1.807) is 13.3 Å². The average molecular weight is 466 g/mol. The lowest BCUT2D eigenvalue weighted by molar-refractivity contribution is 0.173. The number of rotatable bonds is 5. The fourth-order valence-corrected chi connectivity index (χ4v) is 4.01. The minimum Gasteiger partial charge on any atom is -0.497 e. The molecule has 35 heavy (non-hydrogen) atoms. The third-order valence-electron chi connectivity index (χ3n) is 5.74. The Morgan fingerprint density at radius 1 is 0.829 bits per heavy atom. The minimum absolute atomic E-state index is 0.154. The van der Waals surface area contributed by atoms with Crippen LogP contribution < -0.4 is 23.7 Å². The number of fused-ring (bicyclic) bond motifs is 2. The zero-order valence-corrected chi connectivity index (χ0v) is 18.6. The maximum atomic E-state index is 10.1. The fraction of sp³-hybridized carbons (Fsp3) is 0.111. The van der Waals surface area contributed by atoms with Crippen LogP contribution >= 0.6 is 0 Å². The van der Waals surface area contributed by atoms with Gasteiger partial charge < -0.3 is 28.1 Å². The predicted molar refractivity (Wildman–Crippen MR) is 127 cm³/mol. The molecule has 0 bridgehead atoms. The summed E-state index contributed by atoms with van der Waals surface area (Å²) in [7, 11) is 1.61. The molecule has 0 saturated carbocycles. The molecule has 0 fully saturated rings. The van der Waals surface area contributed by atoms with E-state index in [0.717, 1.165) is 22.4 Å². The van der Waals surface area contributed by atoms with E-state index in [1.807, 2.05) is 60.7 Å². The molecule has 6 rings (SSSR count). The van der Waals surface area contributed by atoms with Gasteiger partial charge in [-0.15, -0.1) is 0 Å². The molecule has 2 aliphatic heterocycles. The van der Waals surface area contributed by atoms with Gasteiger partial charge in [-0.25, -0.2) is 4.99 Å². The second-order valence-electron chi connectivity index (χ2n) is 7.77. The lowest BCUT2D eigenvalue weighted by Gasteiger charge is -2.06. The summed E-state index contributed by atoms with van der Waals surface area (Å²) in [6.07, 6.45) is 1.64. The van der Waals surface area contributed by atoms with Crippen molar-refractivity contribution in [1.82, 2.24) is 0 Å². The second-order valence-corrected chi connectivity index (χ2v) is 7.77. The summed E-state index contributed by atoms with van der Waals surface area (Å²) >= 11 is 0. The number of hydrogen-bond acceptors (Lipinski definition) is 8. The van der Waals surface area contributed by atoms with Gasteiger partial charge in [0.15, 0.2) is 23.0 Å². The number of nitriles is 1. The Morgan fingerprint density at radius 2 is 1.46 bits per heavy atom.